The Bertz CT molecular complexity index is 1400. The standard InChI is InChI=1S/C46H66N2Si.2CH3.2ClH.Zr/c1-29-23-25-39-37(27-29)41-43(47(39)31-15-7-5-8-16-31)33-19-11-13-21-35(33)45(41)49(3,4)46-36-22-14-12-20-34(36)44-42(46)38-28-30(2)24-26-40(38)48(44)32-17-9-6-10-18-32;;;;;/h5-10,15-18,29-30,33-46H,11-14,19-28H2,1-4H3;2*1H3;2*1H;/q;2*-1;;;+4/p-2. The van der Waals surface area contributed by atoms with E-state index in [9.17, 15) is 0 Å². The number of para-hydroxylation sites is 2. The fourth-order valence-corrected chi connectivity index (χ4v) is 22.9. The summed E-state index contributed by atoms with van der Waals surface area (Å²) in [5.74, 6) is 9.38. The summed E-state index contributed by atoms with van der Waals surface area (Å²) in [4.78, 5) is 6.28. The van der Waals surface area contributed by atoms with Crippen molar-refractivity contribution in [1.29, 1.82) is 0 Å². The molecule has 54 heavy (non-hydrogen) atoms. The molecular weight excluding hydrogens is 795 g/mol. The second-order valence-corrected chi connectivity index (χ2v) is 28.8. The fourth-order valence-electron chi connectivity index (χ4n) is 16.5. The van der Waals surface area contributed by atoms with E-state index in [1.165, 1.54) is 77.0 Å². The minimum atomic E-state index is -1.74. The van der Waals surface area contributed by atoms with Crippen molar-refractivity contribution in [3.05, 3.63) is 75.5 Å². The van der Waals surface area contributed by atoms with Crippen molar-refractivity contribution in [3.63, 3.8) is 0 Å². The molecule has 0 spiro atoms. The quantitative estimate of drug-likeness (QED) is 0.223. The van der Waals surface area contributed by atoms with Crippen LogP contribution in [-0.2, 0) is 20.8 Å². The topological polar surface area (TPSA) is 6.48 Å². The molecule has 10 rings (SSSR count). The predicted octanol–water partition coefficient (Wildman–Crippen LogP) is 14.0. The molecule has 2 heterocycles. The molecule has 2 aliphatic heterocycles. The van der Waals surface area contributed by atoms with Crippen LogP contribution in [0.1, 0.15) is 104 Å². The Kier molecular flexibility index (Phi) is 13.3. The van der Waals surface area contributed by atoms with Gasteiger partial charge in [0.05, 0.1) is 8.07 Å². The van der Waals surface area contributed by atoms with E-state index >= 15 is 0 Å². The summed E-state index contributed by atoms with van der Waals surface area (Å²) in [6, 6.07) is 27.1. The molecule has 16 atom stereocenters. The van der Waals surface area contributed by atoms with Gasteiger partial charge in [-0.05, 0) is 146 Å². The van der Waals surface area contributed by atoms with Crippen molar-refractivity contribution < 1.29 is 20.8 Å². The number of hydrogen-bond donors (Lipinski definition) is 0. The first-order valence-corrected chi connectivity index (χ1v) is 31.5. The van der Waals surface area contributed by atoms with Crippen LogP contribution in [0.15, 0.2) is 60.7 Å². The number of hydrogen-bond acceptors (Lipinski definition) is 2. The van der Waals surface area contributed by atoms with E-state index in [4.69, 9.17) is 17.0 Å². The molecule has 0 bridgehead atoms. The molecule has 2 nitrogen and oxygen atoms in total. The first kappa shape index (κ1) is 41.9. The first-order valence-electron chi connectivity index (χ1n) is 22.0. The average molecular weight is 867 g/mol. The van der Waals surface area contributed by atoms with E-state index in [0.717, 1.165) is 94.4 Å². The molecule has 16 unspecified atom stereocenters. The van der Waals surface area contributed by atoms with Crippen molar-refractivity contribution >= 4 is 36.5 Å². The zero-order valence-corrected chi connectivity index (χ0v) is 39.5. The zero-order chi connectivity index (χ0) is 35.7. The molecule has 2 aromatic rings. The summed E-state index contributed by atoms with van der Waals surface area (Å²) in [6.07, 6.45) is 20.9. The van der Waals surface area contributed by atoms with E-state index in [2.05, 4.69) is 97.4 Å². The Hall–Kier alpha value is -0.280. The van der Waals surface area contributed by atoms with Crippen LogP contribution >= 0.6 is 17.0 Å². The van der Waals surface area contributed by atoms with E-state index in [1.54, 1.807) is 24.2 Å². The summed E-state index contributed by atoms with van der Waals surface area (Å²) in [5, 5.41) is 0. The normalized spacial score (nSPS) is 43.0. The number of fused-ring (bicyclic) bond motifs is 10. The van der Waals surface area contributed by atoms with Crippen molar-refractivity contribution in [1.82, 2.24) is 0 Å². The molecule has 2 aromatic carbocycles. The van der Waals surface area contributed by atoms with Gasteiger partial charge in [0.1, 0.15) is 0 Å². The molecule has 0 N–H and O–H groups in total. The Morgan fingerprint density at radius 2 is 0.870 bits per heavy atom. The van der Waals surface area contributed by atoms with Gasteiger partial charge in [0.15, 0.2) is 0 Å². The fraction of sp³-hybridized carbons (Fsp3) is 0.708. The average Bonchev–Trinajstić information content (AvgIpc) is 3.87. The van der Waals surface area contributed by atoms with Crippen LogP contribution < -0.4 is 9.80 Å². The Morgan fingerprint density at radius 3 is 1.24 bits per heavy atom. The van der Waals surface area contributed by atoms with Gasteiger partial charge in [-0.1, -0.05) is 102 Å². The van der Waals surface area contributed by atoms with Gasteiger partial charge >= 0.3 is 37.9 Å². The van der Waals surface area contributed by atoms with Crippen LogP contribution in [0.3, 0.4) is 0 Å². The maximum absolute atomic E-state index is 4.93. The minimum absolute atomic E-state index is 0. The molecule has 2 saturated heterocycles. The molecule has 0 aromatic heterocycles. The second kappa shape index (κ2) is 17.1. The van der Waals surface area contributed by atoms with Crippen LogP contribution in [0.5, 0.6) is 0 Å². The third-order valence-electron chi connectivity index (χ3n) is 17.6. The van der Waals surface area contributed by atoms with E-state index in [1.807, 2.05) is 0 Å². The van der Waals surface area contributed by atoms with Gasteiger partial charge in [0.25, 0.3) is 0 Å². The summed E-state index contributed by atoms with van der Waals surface area (Å²) in [7, 11) is 8.13. The van der Waals surface area contributed by atoms with E-state index in [-0.39, 0.29) is 14.9 Å². The Labute approximate surface area is 351 Å². The van der Waals surface area contributed by atoms with Crippen molar-refractivity contribution in [2.45, 2.75) is 152 Å². The summed E-state index contributed by atoms with van der Waals surface area (Å²) in [6.45, 7) is 11.4. The van der Waals surface area contributed by atoms with E-state index < -0.39 is 28.9 Å². The van der Waals surface area contributed by atoms with Gasteiger partial charge in [0, 0.05) is 35.5 Å². The summed E-state index contributed by atoms with van der Waals surface area (Å²) in [5.41, 5.74) is 5.19. The second-order valence-electron chi connectivity index (χ2n) is 20.1. The number of benzene rings is 2. The van der Waals surface area contributed by atoms with Gasteiger partial charge in [-0.2, -0.15) is 0 Å². The Morgan fingerprint density at radius 1 is 0.519 bits per heavy atom. The number of rotatable bonds is 4. The molecule has 8 aliphatic rings. The van der Waals surface area contributed by atoms with Gasteiger partial charge in [-0.15, -0.1) is 0 Å². The predicted molar refractivity (Wildman–Crippen MR) is 233 cm³/mol. The van der Waals surface area contributed by atoms with Gasteiger partial charge in [-0.25, -0.2) is 0 Å². The van der Waals surface area contributed by atoms with Crippen LogP contribution in [0.2, 0.25) is 24.2 Å². The van der Waals surface area contributed by atoms with Crippen LogP contribution in [-0.4, -0.2) is 32.2 Å². The third-order valence-corrected chi connectivity index (χ3v) is 22.7. The molecule has 6 saturated carbocycles. The molecule has 296 valence electrons. The third kappa shape index (κ3) is 6.82. The van der Waals surface area contributed by atoms with Gasteiger partial charge in [-0.3, -0.25) is 0 Å². The van der Waals surface area contributed by atoms with Crippen LogP contribution in [0.4, 0.5) is 11.4 Å². The van der Waals surface area contributed by atoms with E-state index in [0.29, 0.717) is 0 Å². The van der Waals surface area contributed by atoms with Crippen LogP contribution in [0, 0.1) is 74.0 Å². The SMILES string of the molecule is CC1CCC2C(C1)C1C(C3CCCCC3C1[Si](C)(C)C1C3CCCCC3C3C1C1CC(C)CCC1N3c1ccccc1)N2c1ccccc1.[CH3-].[CH3-].[Cl][Zr+2][Cl]. The molecule has 0 amide bonds. The van der Waals surface area contributed by atoms with Gasteiger partial charge in [0.2, 0.25) is 0 Å². The number of nitrogens with zero attached hydrogens (tertiary/aromatic N) is 2. The first-order chi connectivity index (χ1) is 25.3. The molecule has 8 fully saturated rings. The summed E-state index contributed by atoms with van der Waals surface area (Å²) < 4.78 is 0. The number of anilines is 2. The van der Waals surface area contributed by atoms with Crippen molar-refractivity contribution in [3.8, 4) is 0 Å². The van der Waals surface area contributed by atoms with Crippen molar-refractivity contribution in [2.75, 3.05) is 9.80 Å². The van der Waals surface area contributed by atoms with Gasteiger partial charge < -0.3 is 24.7 Å². The monoisotopic (exact) mass is 864 g/mol. The summed E-state index contributed by atoms with van der Waals surface area (Å²) >= 11 is -0.826. The molecular formula is C48H72Cl2N2SiZr. The zero-order valence-electron chi connectivity index (χ0n) is 34.6. The molecule has 6 heteroatoms. The maximum atomic E-state index is 4.93. The van der Waals surface area contributed by atoms with Crippen LogP contribution in [0.25, 0.3) is 0 Å². The molecule has 0 radical (unpaired) electrons. The molecule has 6 aliphatic carbocycles. The van der Waals surface area contributed by atoms with Crippen molar-refractivity contribution in [2.24, 2.45) is 59.2 Å². The number of halogens is 2. The Balaban J connectivity index is 0.000000873.